The molecule has 198 valence electrons. The first-order chi connectivity index (χ1) is 18.3. The average molecular weight is 538 g/mol. The monoisotopic (exact) mass is 537 g/mol. The second-order valence-corrected chi connectivity index (χ2v) is 9.08. The molecule has 2 aromatic carbocycles. The van der Waals surface area contributed by atoms with E-state index < -0.39 is 11.2 Å². The fourth-order valence-corrected chi connectivity index (χ4v) is 4.58. The van der Waals surface area contributed by atoms with E-state index >= 15 is 0 Å². The molecule has 0 unspecified atom stereocenters. The molecule has 0 spiro atoms. The van der Waals surface area contributed by atoms with Gasteiger partial charge in [0.25, 0.3) is 5.56 Å². The van der Waals surface area contributed by atoms with Crippen molar-refractivity contribution in [3.63, 3.8) is 0 Å². The third-order valence-corrected chi connectivity index (χ3v) is 6.67. The average Bonchev–Trinajstić information content (AvgIpc) is 2.94. The van der Waals surface area contributed by atoms with Crippen LogP contribution in [0.3, 0.4) is 0 Å². The second kappa shape index (κ2) is 11.4. The smallest absolute Gasteiger partial charge is 0.332 e. The maximum absolute atomic E-state index is 13.1. The van der Waals surface area contributed by atoms with Crippen molar-refractivity contribution < 1.29 is 19.0 Å². The minimum atomic E-state index is -0.545. The Bertz CT molecular complexity index is 1610. The van der Waals surface area contributed by atoms with Crippen molar-refractivity contribution in [2.45, 2.75) is 11.9 Å². The highest BCUT2D eigenvalue weighted by molar-refractivity contribution is 8.00. The fourth-order valence-electron chi connectivity index (χ4n) is 3.77. The third-order valence-electron chi connectivity index (χ3n) is 5.70. The van der Waals surface area contributed by atoms with Crippen LogP contribution in [0.1, 0.15) is 6.92 Å². The Labute approximate surface area is 222 Å². The number of hydrogen-bond donors (Lipinski definition) is 1. The molecule has 2 aromatic heterocycles. The normalized spacial score (nSPS) is 10.9. The van der Waals surface area contributed by atoms with E-state index in [0.29, 0.717) is 35.1 Å². The molecule has 1 N–H and O–H groups in total. The molecule has 12 heteroatoms. The lowest BCUT2D eigenvalue weighted by Gasteiger charge is -2.13. The van der Waals surface area contributed by atoms with Crippen molar-refractivity contribution in [1.82, 2.24) is 19.1 Å². The van der Waals surface area contributed by atoms with Crippen molar-refractivity contribution in [3.8, 4) is 28.6 Å². The summed E-state index contributed by atoms with van der Waals surface area (Å²) in [4.78, 5) is 47.6. The van der Waals surface area contributed by atoms with Gasteiger partial charge in [-0.2, -0.15) is 0 Å². The Morgan fingerprint density at radius 1 is 0.974 bits per heavy atom. The van der Waals surface area contributed by atoms with E-state index in [4.69, 9.17) is 14.2 Å². The first-order valence-corrected chi connectivity index (χ1v) is 12.6. The highest BCUT2D eigenvalue weighted by Gasteiger charge is 2.20. The lowest BCUT2D eigenvalue weighted by molar-refractivity contribution is -0.113. The van der Waals surface area contributed by atoms with Crippen LogP contribution in [0.15, 0.2) is 57.1 Å². The van der Waals surface area contributed by atoms with Gasteiger partial charge < -0.3 is 19.5 Å². The number of ether oxygens (including phenoxy) is 3. The summed E-state index contributed by atoms with van der Waals surface area (Å²) in [6.45, 7) is 2.44. The largest absolute Gasteiger partial charge is 0.494 e. The molecule has 2 heterocycles. The predicted octanol–water partition coefficient (Wildman–Crippen LogP) is 2.84. The number of nitrogens with one attached hydrogen (secondary N) is 1. The Kier molecular flexibility index (Phi) is 8.01. The Morgan fingerprint density at radius 2 is 1.68 bits per heavy atom. The Morgan fingerprint density at radius 3 is 2.34 bits per heavy atom. The van der Waals surface area contributed by atoms with Crippen LogP contribution in [-0.2, 0) is 18.9 Å². The van der Waals surface area contributed by atoms with E-state index in [1.165, 1.54) is 32.9 Å². The number of amides is 1. The summed E-state index contributed by atoms with van der Waals surface area (Å²) in [5, 5.41) is 3.25. The summed E-state index contributed by atoms with van der Waals surface area (Å²) in [7, 11) is 5.96. The second-order valence-electron chi connectivity index (χ2n) is 8.12. The van der Waals surface area contributed by atoms with E-state index in [1.807, 2.05) is 6.92 Å². The third kappa shape index (κ3) is 5.35. The summed E-state index contributed by atoms with van der Waals surface area (Å²) in [6, 6.07) is 12.2. The Balaban J connectivity index is 1.72. The maximum Gasteiger partial charge on any atom is 0.332 e. The lowest BCUT2D eigenvalue weighted by Crippen LogP contribution is -2.37. The Hall–Kier alpha value is -4.32. The number of aromatic nitrogens is 4. The van der Waals surface area contributed by atoms with Gasteiger partial charge in [0.1, 0.15) is 16.2 Å². The summed E-state index contributed by atoms with van der Waals surface area (Å²) >= 11 is 1.08. The van der Waals surface area contributed by atoms with Crippen LogP contribution in [0.4, 0.5) is 5.69 Å². The van der Waals surface area contributed by atoms with Gasteiger partial charge in [0.05, 0.1) is 26.6 Å². The molecule has 0 radical (unpaired) electrons. The first kappa shape index (κ1) is 26.7. The van der Waals surface area contributed by atoms with Crippen LogP contribution < -0.4 is 30.8 Å². The van der Waals surface area contributed by atoms with Crippen LogP contribution in [-0.4, -0.2) is 51.6 Å². The summed E-state index contributed by atoms with van der Waals surface area (Å²) < 4.78 is 18.4. The molecule has 38 heavy (non-hydrogen) atoms. The van der Waals surface area contributed by atoms with Gasteiger partial charge in [0, 0.05) is 25.3 Å². The van der Waals surface area contributed by atoms with Gasteiger partial charge in [-0.15, -0.1) is 0 Å². The molecule has 0 saturated carbocycles. The van der Waals surface area contributed by atoms with E-state index in [9.17, 15) is 14.4 Å². The van der Waals surface area contributed by atoms with E-state index in [-0.39, 0.29) is 33.5 Å². The molecule has 1 amide bonds. The van der Waals surface area contributed by atoms with Crippen molar-refractivity contribution >= 4 is 34.4 Å². The molecular weight excluding hydrogens is 510 g/mol. The van der Waals surface area contributed by atoms with Crippen molar-refractivity contribution in [1.29, 1.82) is 0 Å². The van der Waals surface area contributed by atoms with Crippen molar-refractivity contribution in [3.05, 3.63) is 63.3 Å². The van der Waals surface area contributed by atoms with E-state index in [0.717, 1.165) is 16.3 Å². The highest BCUT2D eigenvalue weighted by atomic mass is 32.2. The van der Waals surface area contributed by atoms with Gasteiger partial charge in [-0.1, -0.05) is 11.8 Å². The van der Waals surface area contributed by atoms with Crippen LogP contribution in [0, 0.1) is 0 Å². The number of benzene rings is 2. The molecule has 0 saturated heterocycles. The molecule has 0 aliphatic heterocycles. The number of carbonyl (C=O) groups is 1. The number of thioether (sulfide) groups is 1. The number of aryl methyl sites for hydroxylation is 1. The summed E-state index contributed by atoms with van der Waals surface area (Å²) in [6.07, 6.45) is 0. The van der Waals surface area contributed by atoms with Crippen LogP contribution in [0.25, 0.3) is 22.4 Å². The topological polar surface area (TPSA) is 127 Å². The number of rotatable bonds is 9. The maximum atomic E-state index is 13.1. The number of hydrogen-bond acceptors (Lipinski definition) is 9. The van der Waals surface area contributed by atoms with Gasteiger partial charge in [-0.05, 0) is 49.4 Å². The van der Waals surface area contributed by atoms with Gasteiger partial charge in [-0.3, -0.25) is 18.7 Å². The van der Waals surface area contributed by atoms with Crippen molar-refractivity contribution in [2.24, 2.45) is 14.1 Å². The SMILES string of the molecule is CCOc1ccc(NC(=O)CSc2nc(-c3ccc(OC)c(OC)c3)nc3c2c(=O)n(C)c(=O)n3C)cc1. The van der Waals surface area contributed by atoms with Crippen LogP contribution >= 0.6 is 11.8 Å². The zero-order valence-corrected chi connectivity index (χ0v) is 22.4. The zero-order valence-electron chi connectivity index (χ0n) is 21.6. The quantitative estimate of drug-likeness (QED) is 0.253. The number of fused-ring (bicyclic) bond motifs is 1. The number of nitrogens with zero attached hydrogens (tertiary/aromatic N) is 4. The van der Waals surface area contributed by atoms with Gasteiger partial charge >= 0.3 is 5.69 Å². The van der Waals surface area contributed by atoms with E-state index in [2.05, 4.69) is 15.3 Å². The first-order valence-electron chi connectivity index (χ1n) is 11.6. The number of anilines is 1. The molecule has 0 fully saturated rings. The highest BCUT2D eigenvalue weighted by Crippen LogP contribution is 2.33. The fraction of sp³-hybridized carbons (Fsp3) is 0.269. The van der Waals surface area contributed by atoms with Gasteiger partial charge in [0.2, 0.25) is 5.91 Å². The zero-order chi connectivity index (χ0) is 27.4. The predicted molar refractivity (Wildman–Crippen MR) is 146 cm³/mol. The number of methoxy groups -OCH3 is 2. The van der Waals surface area contributed by atoms with Gasteiger partial charge in [-0.25, -0.2) is 14.8 Å². The summed E-state index contributed by atoms with van der Waals surface area (Å²) in [5.74, 6) is 1.64. The molecule has 0 atom stereocenters. The standard InChI is InChI=1S/C26H27N5O6S/c1-6-37-17-10-8-16(9-11-17)27-20(32)14-38-24-21-23(30(2)26(34)31(3)25(21)33)28-22(29-24)15-7-12-18(35-4)19(13-15)36-5/h7-13H,6,14H2,1-5H3,(H,27,32). The molecule has 4 aromatic rings. The molecule has 4 rings (SSSR count). The molecule has 0 aliphatic rings. The minimum Gasteiger partial charge on any atom is -0.494 e. The minimum absolute atomic E-state index is 0.0311. The number of carbonyl (C=O) groups excluding carboxylic acids is 1. The van der Waals surface area contributed by atoms with Gasteiger partial charge in [0.15, 0.2) is 23.0 Å². The molecule has 0 aliphatic carbocycles. The van der Waals surface area contributed by atoms with Crippen LogP contribution in [0.5, 0.6) is 17.2 Å². The van der Waals surface area contributed by atoms with E-state index in [1.54, 1.807) is 42.5 Å². The molecule has 11 nitrogen and oxygen atoms in total. The van der Waals surface area contributed by atoms with Crippen LogP contribution in [0.2, 0.25) is 0 Å². The molecular formula is C26H27N5O6S. The molecule has 0 bridgehead atoms. The van der Waals surface area contributed by atoms with Crippen molar-refractivity contribution in [2.75, 3.05) is 31.9 Å². The lowest BCUT2D eigenvalue weighted by atomic mass is 10.2. The summed E-state index contributed by atoms with van der Waals surface area (Å²) in [5.41, 5.74) is 0.279.